The number of hydrogen-bond donors (Lipinski definition) is 3. The smallest absolute Gasteiger partial charge is 0.243 e. The second-order valence-electron chi connectivity index (χ2n) is 7.10. The molecule has 3 N–H and O–H groups in total. The van der Waals surface area contributed by atoms with Crippen LogP contribution in [0.15, 0.2) is 12.4 Å². The van der Waals surface area contributed by atoms with Gasteiger partial charge in [0.1, 0.15) is 6.04 Å². The van der Waals surface area contributed by atoms with E-state index in [9.17, 15) is 4.79 Å². The van der Waals surface area contributed by atoms with Gasteiger partial charge in [0.15, 0.2) is 0 Å². The van der Waals surface area contributed by atoms with Crippen molar-refractivity contribution < 1.29 is 4.79 Å². The van der Waals surface area contributed by atoms with E-state index in [0.29, 0.717) is 6.54 Å². The van der Waals surface area contributed by atoms with Crippen LogP contribution in [-0.4, -0.2) is 50.2 Å². The van der Waals surface area contributed by atoms with Crippen molar-refractivity contribution >= 4 is 30.7 Å². The van der Waals surface area contributed by atoms with Crippen molar-refractivity contribution in [3.63, 3.8) is 0 Å². The third-order valence-electron chi connectivity index (χ3n) is 5.21. The van der Waals surface area contributed by atoms with Gasteiger partial charge in [0.05, 0.1) is 36.5 Å². The number of nitrogens with one attached hydrogen (secondary N) is 3. The van der Waals surface area contributed by atoms with Gasteiger partial charge in [0, 0.05) is 31.7 Å². The molecule has 1 atom stereocenters. The molecule has 28 heavy (non-hydrogen) atoms. The maximum absolute atomic E-state index is 12.6. The minimum absolute atomic E-state index is 0. The van der Waals surface area contributed by atoms with Gasteiger partial charge in [-0.3, -0.25) is 14.4 Å². The molecule has 8 nitrogen and oxygen atoms in total. The van der Waals surface area contributed by atoms with Crippen molar-refractivity contribution in [2.45, 2.75) is 51.9 Å². The molecule has 1 unspecified atom stereocenters. The fourth-order valence-corrected chi connectivity index (χ4v) is 3.75. The first kappa shape index (κ1) is 22.7. The average Bonchev–Trinajstić information content (AvgIpc) is 3.29. The van der Waals surface area contributed by atoms with Crippen LogP contribution >= 0.6 is 24.8 Å². The number of nitrogens with zero attached hydrogens (tertiary/aromatic N) is 4. The lowest BCUT2D eigenvalue weighted by Crippen LogP contribution is -2.41. The SMILES string of the molecule is CCCCN1CCn2nc(CNC(=O)C3NCCc4[nH]cnc43)cc2C1.Cl.Cl. The maximum atomic E-state index is 12.6. The molecule has 4 heterocycles. The number of halogens is 2. The highest BCUT2D eigenvalue weighted by atomic mass is 35.5. The molecule has 0 saturated heterocycles. The number of fused-ring (bicyclic) bond motifs is 2. The summed E-state index contributed by atoms with van der Waals surface area (Å²) in [5.74, 6) is -0.0476. The van der Waals surface area contributed by atoms with E-state index in [0.717, 1.165) is 56.2 Å². The highest BCUT2D eigenvalue weighted by molar-refractivity contribution is 5.85. The van der Waals surface area contributed by atoms with Gasteiger partial charge in [0.25, 0.3) is 0 Å². The predicted molar refractivity (Wildman–Crippen MR) is 112 cm³/mol. The second-order valence-corrected chi connectivity index (χ2v) is 7.10. The molecule has 1 amide bonds. The summed E-state index contributed by atoms with van der Waals surface area (Å²) >= 11 is 0. The molecular formula is C18H29Cl2N7O. The highest BCUT2D eigenvalue weighted by Gasteiger charge is 2.28. The fourth-order valence-electron chi connectivity index (χ4n) is 3.75. The van der Waals surface area contributed by atoms with Gasteiger partial charge >= 0.3 is 0 Å². The van der Waals surface area contributed by atoms with Crippen LogP contribution in [0, 0.1) is 0 Å². The molecule has 0 radical (unpaired) electrons. The lowest BCUT2D eigenvalue weighted by Gasteiger charge is -2.27. The Hall–Kier alpha value is -1.61. The van der Waals surface area contributed by atoms with Gasteiger partial charge in [-0.05, 0) is 19.0 Å². The summed E-state index contributed by atoms with van der Waals surface area (Å²) < 4.78 is 2.08. The average molecular weight is 430 g/mol. The van der Waals surface area contributed by atoms with Gasteiger partial charge in [-0.1, -0.05) is 13.3 Å². The van der Waals surface area contributed by atoms with Crippen LogP contribution in [-0.2, 0) is 30.8 Å². The molecule has 0 saturated carbocycles. The number of amides is 1. The molecule has 0 bridgehead atoms. The number of aromatic nitrogens is 4. The number of rotatable bonds is 6. The Kier molecular flexibility index (Phi) is 8.30. The minimum Gasteiger partial charge on any atom is -0.349 e. The van der Waals surface area contributed by atoms with E-state index in [2.05, 4.69) is 48.3 Å². The number of carbonyl (C=O) groups excluding carboxylic acids is 1. The monoisotopic (exact) mass is 429 g/mol. The summed E-state index contributed by atoms with van der Waals surface area (Å²) in [6, 6.07) is 1.74. The zero-order chi connectivity index (χ0) is 17.9. The molecule has 156 valence electrons. The van der Waals surface area contributed by atoms with Gasteiger partial charge in [-0.25, -0.2) is 4.98 Å². The summed E-state index contributed by atoms with van der Waals surface area (Å²) in [4.78, 5) is 22.5. The summed E-state index contributed by atoms with van der Waals surface area (Å²) in [7, 11) is 0. The molecule has 0 aliphatic carbocycles. The Bertz CT molecular complexity index is 776. The predicted octanol–water partition coefficient (Wildman–Crippen LogP) is 1.57. The van der Waals surface area contributed by atoms with Crippen molar-refractivity contribution in [2.24, 2.45) is 0 Å². The number of hydrogen-bond acceptors (Lipinski definition) is 5. The van der Waals surface area contributed by atoms with Gasteiger partial charge in [0.2, 0.25) is 5.91 Å². The topological polar surface area (TPSA) is 90.9 Å². The summed E-state index contributed by atoms with van der Waals surface area (Å²) in [6.45, 7) is 7.52. The quantitative estimate of drug-likeness (QED) is 0.647. The molecule has 2 aromatic rings. The van der Waals surface area contributed by atoms with Gasteiger partial charge in [-0.15, -0.1) is 24.8 Å². The summed E-state index contributed by atoms with van der Waals surface area (Å²) in [6.07, 6.45) is 4.99. The van der Waals surface area contributed by atoms with E-state index >= 15 is 0 Å². The van der Waals surface area contributed by atoms with Crippen LogP contribution in [0.3, 0.4) is 0 Å². The minimum atomic E-state index is -0.383. The van der Waals surface area contributed by atoms with Crippen molar-refractivity contribution in [1.82, 2.24) is 35.3 Å². The standard InChI is InChI=1S/C18H27N7O.2ClH/c1-2-3-6-24-7-8-25-14(11-24)9-13(23-25)10-20-18(26)17-16-15(4-5-19-17)21-12-22-16;;/h9,12,17,19H,2-8,10-11H2,1H3,(H,20,26)(H,21,22);2*1H. The third kappa shape index (κ3) is 4.86. The first-order valence-electron chi connectivity index (χ1n) is 9.55. The van der Waals surface area contributed by atoms with Crippen LogP contribution in [0.2, 0.25) is 0 Å². The van der Waals surface area contributed by atoms with Crippen molar-refractivity contribution in [1.29, 1.82) is 0 Å². The molecule has 0 spiro atoms. The van der Waals surface area contributed by atoms with Crippen LogP contribution in [0.25, 0.3) is 0 Å². The van der Waals surface area contributed by atoms with Gasteiger partial charge < -0.3 is 15.6 Å². The Labute approximate surface area is 177 Å². The molecule has 0 aromatic carbocycles. The lowest BCUT2D eigenvalue weighted by molar-refractivity contribution is -0.123. The Morgan fingerprint density at radius 1 is 1.36 bits per heavy atom. The summed E-state index contributed by atoms with van der Waals surface area (Å²) in [5, 5.41) is 10.9. The first-order valence-corrected chi connectivity index (χ1v) is 9.55. The number of aromatic amines is 1. The van der Waals surface area contributed by atoms with E-state index in [1.165, 1.54) is 18.5 Å². The first-order chi connectivity index (χ1) is 12.7. The van der Waals surface area contributed by atoms with Crippen LogP contribution in [0.1, 0.15) is 48.6 Å². The number of unbranched alkanes of at least 4 members (excludes halogenated alkanes) is 1. The maximum Gasteiger partial charge on any atom is 0.243 e. The zero-order valence-electron chi connectivity index (χ0n) is 16.1. The zero-order valence-corrected chi connectivity index (χ0v) is 17.7. The normalized spacial score (nSPS) is 18.4. The molecule has 10 heteroatoms. The van der Waals surface area contributed by atoms with Crippen molar-refractivity contribution in [3.8, 4) is 0 Å². The van der Waals surface area contributed by atoms with E-state index in [-0.39, 0.29) is 36.8 Å². The largest absolute Gasteiger partial charge is 0.349 e. The molecule has 2 aliphatic heterocycles. The van der Waals surface area contributed by atoms with Crippen LogP contribution < -0.4 is 10.6 Å². The van der Waals surface area contributed by atoms with E-state index in [4.69, 9.17) is 0 Å². The molecule has 2 aliphatic rings. The molecular weight excluding hydrogens is 401 g/mol. The van der Waals surface area contributed by atoms with Crippen molar-refractivity contribution in [3.05, 3.63) is 35.2 Å². The van der Waals surface area contributed by atoms with Crippen LogP contribution in [0.5, 0.6) is 0 Å². The van der Waals surface area contributed by atoms with E-state index in [1.54, 1.807) is 6.33 Å². The summed E-state index contributed by atoms with van der Waals surface area (Å²) in [5.41, 5.74) is 4.02. The lowest BCUT2D eigenvalue weighted by atomic mass is 10.1. The van der Waals surface area contributed by atoms with Gasteiger partial charge in [-0.2, -0.15) is 5.10 Å². The van der Waals surface area contributed by atoms with Crippen molar-refractivity contribution in [2.75, 3.05) is 19.6 Å². The van der Waals surface area contributed by atoms with E-state index in [1.807, 2.05) is 0 Å². The number of carbonyl (C=O) groups is 1. The second kappa shape index (κ2) is 10.2. The Balaban J connectivity index is 0.00000140. The van der Waals surface area contributed by atoms with E-state index < -0.39 is 0 Å². The number of H-pyrrole nitrogens is 1. The Morgan fingerprint density at radius 3 is 3.04 bits per heavy atom. The molecule has 2 aromatic heterocycles. The van der Waals surface area contributed by atoms with Crippen LogP contribution in [0.4, 0.5) is 0 Å². The fraction of sp³-hybridized carbons (Fsp3) is 0.611. The molecule has 0 fully saturated rings. The Morgan fingerprint density at radius 2 is 2.21 bits per heavy atom. The third-order valence-corrected chi connectivity index (χ3v) is 5.21. The number of imidazole rings is 1. The molecule has 4 rings (SSSR count). The highest BCUT2D eigenvalue weighted by Crippen LogP contribution is 2.19.